The van der Waals surface area contributed by atoms with Crippen LogP contribution < -0.4 is 0 Å². The molecule has 0 aromatic heterocycles. The van der Waals surface area contributed by atoms with Crippen molar-refractivity contribution in [2.45, 2.75) is 13.2 Å². The Morgan fingerprint density at radius 2 is 1.69 bits per heavy atom. The van der Waals surface area contributed by atoms with Crippen LogP contribution in [0.25, 0.3) is 0 Å². The smallest absolute Gasteiger partial charge is 0.183 e. The van der Waals surface area contributed by atoms with Gasteiger partial charge in [0.15, 0.2) is 6.29 Å². The molecule has 0 amide bonds. The predicted octanol–water partition coefficient (Wildman–Crippen LogP) is 2.37. The maximum absolute atomic E-state index is 5.55. The van der Waals surface area contributed by atoms with Crippen LogP contribution in [0.1, 0.15) is 18.8 Å². The van der Waals surface area contributed by atoms with E-state index in [-0.39, 0.29) is 6.29 Å². The van der Waals surface area contributed by atoms with Crippen molar-refractivity contribution < 1.29 is 9.47 Å². The maximum Gasteiger partial charge on any atom is 0.183 e. The first-order valence-corrected chi connectivity index (χ1v) is 4.64. The van der Waals surface area contributed by atoms with E-state index in [0.717, 1.165) is 18.8 Å². The van der Waals surface area contributed by atoms with Crippen molar-refractivity contribution in [3.05, 3.63) is 35.9 Å². The van der Waals surface area contributed by atoms with E-state index in [0.29, 0.717) is 5.92 Å². The fourth-order valence-electron chi connectivity index (χ4n) is 1.40. The van der Waals surface area contributed by atoms with E-state index >= 15 is 0 Å². The lowest BCUT2D eigenvalue weighted by molar-refractivity contribution is -0.202. The molecule has 2 heteroatoms. The van der Waals surface area contributed by atoms with Crippen molar-refractivity contribution in [3.8, 4) is 0 Å². The largest absolute Gasteiger partial charge is 0.348 e. The van der Waals surface area contributed by atoms with Gasteiger partial charge in [-0.2, -0.15) is 0 Å². The van der Waals surface area contributed by atoms with Crippen LogP contribution in [0.3, 0.4) is 0 Å². The van der Waals surface area contributed by atoms with Crippen molar-refractivity contribution in [2.75, 3.05) is 13.2 Å². The van der Waals surface area contributed by atoms with Gasteiger partial charge in [-0.05, 0) is 0 Å². The first-order chi connectivity index (χ1) is 6.36. The highest BCUT2D eigenvalue weighted by Crippen LogP contribution is 2.24. The van der Waals surface area contributed by atoms with Crippen molar-refractivity contribution in [1.82, 2.24) is 0 Å². The Morgan fingerprint density at radius 3 is 2.31 bits per heavy atom. The third-order valence-electron chi connectivity index (χ3n) is 2.14. The monoisotopic (exact) mass is 178 g/mol. The van der Waals surface area contributed by atoms with Crippen LogP contribution in [0.5, 0.6) is 0 Å². The summed E-state index contributed by atoms with van der Waals surface area (Å²) in [5.74, 6) is 0.514. The first-order valence-electron chi connectivity index (χ1n) is 4.64. The van der Waals surface area contributed by atoms with E-state index in [1.54, 1.807) is 0 Å². The van der Waals surface area contributed by atoms with Gasteiger partial charge in [-0.25, -0.2) is 0 Å². The van der Waals surface area contributed by atoms with E-state index in [2.05, 4.69) is 6.92 Å². The van der Waals surface area contributed by atoms with E-state index in [4.69, 9.17) is 9.47 Å². The molecule has 1 aromatic carbocycles. The zero-order valence-corrected chi connectivity index (χ0v) is 7.77. The highest BCUT2D eigenvalue weighted by Gasteiger charge is 2.19. The second kappa shape index (κ2) is 3.90. The molecular weight excluding hydrogens is 164 g/mol. The molecule has 1 aliphatic rings. The summed E-state index contributed by atoms with van der Waals surface area (Å²) >= 11 is 0. The third kappa shape index (κ3) is 2.08. The van der Waals surface area contributed by atoms with Crippen molar-refractivity contribution >= 4 is 0 Å². The van der Waals surface area contributed by atoms with E-state index < -0.39 is 0 Å². The second-order valence-electron chi connectivity index (χ2n) is 3.51. The lowest BCUT2D eigenvalue weighted by Gasteiger charge is -2.27. The molecule has 1 aromatic rings. The molecule has 1 saturated heterocycles. The van der Waals surface area contributed by atoms with Crippen LogP contribution in [-0.2, 0) is 9.47 Å². The molecule has 2 rings (SSSR count). The molecule has 1 fully saturated rings. The zero-order chi connectivity index (χ0) is 9.10. The Kier molecular flexibility index (Phi) is 2.62. The zero-order valence-electron chi connectivity index (χ0n) is 7.77. The molecule has 0 N–H and O–H groups in total. The minimum Gasteiger partial charge on any atom is -0.348 e. The van der Waals surface area contributed by atoms with Gasteiger partial charge < -0.3 is 9.47 Å². The number of benzene rings is 1. The Bertz CT molecular complexity index is 250. The molecule has 70 valence electrons. The molecule has 0 aliphatic carbocycles. The quantitative estimate of drug-likeness (QED) is 0.657. The number of ether oxygens (including phenoxy) is 2. The van der Waals surface area contributed by atoms with Crippen LogP contribution >= 0.6 is 0 Å². The first kappa shape index (κ1) is 8.73. The minimum atomic E-state index is -0.155. The van der Waals surface area contributed by atoms with E-state index in [1.807, 2.05) is 30.3 Å². The number of hydrogen-bond donors (Lipinski definition) is 0. The van der Waals surface area contributed by atoms with Crippen molar-refractivity contribution in [1.29, 1.82) is 0 Å². The summed E-state index contributed by atoms with van der Waals surface area (Å²) in [5, 5.41) is 0. The summed E-state index contributed by atoms with van der Waals surface area (Å²) < 4.78 is 11.1. The SMILES string of the molecule is CC1COC(c2ccccc2)OC1. The maximum atomic E-state index is 5.55. The fraction of sp³-hybridized carbons (Fsp3) is 0.455. The summed E-state index contributed by atoms with van der Waals surface area (Å²) in [6, 6.07) is 10.1. The second-order valence-corrected chi connectivity index (χ2v) is 3.51. The molecule has 1 aliphatic heterocycles. The van der Waals surface area contributed by atoms with Gasteiger partial charge in [0.1, 0.15) is 0 Å². The molecule has 0 atom stereocenters. The molecule has 0 saturated carbocycles. The molecule has 0 spiro atoms. The summed E-state index contributed by atoms with van der Waals surface area (Å²) in [5.41, 5.74) is 1.11. The molecule has 0 bridgehead atoms. The fourth-order valence-corrected chi connectivity index (χ4v) is 1.40. The molecule has 0 radical (unpaired) electrons. The van der Waals surface area contributed by atoms with Gasteiger partial charge in [-0.3, -0.25) is 0 Å². The normalized spacial score (nSPS) is 28.7. The van der Waals surface area contributed by atoms with Crippen LogP contribution in [0.15, 0.2) is 30.3 Å². The third-order valence-corrected chi connectivity index (χ3v) is 2.14. The molecule has 13 heavy (non-hydrogen) atoms. The van der Waals surface area contributed by atoms with Gasteiger partial charge in [0.2, 0.25) is 0 Å². The van der Waals surface area contributed by atoms with Gasteiger partial charge in [0.25, 0.3) is 0 Å². The highest BCUT2D eigenvalue weighted by molar-refractivity contribution is 5.16. The Balaban J connectivity index is 2.03. The van der Waals surface area contributed by atoms with Gasteiger partial charge in [0, 0.05) is 11.5 Å². The van der Waals surface area contributed by atoms with Crippen molar-refractivity contribution in [2.24, 2.45) is 5.92 Å². The van der Waals surface area contributed by atoms with Crippen LogP contribution in [0.2, 0.25) is 0 Å². The van der Waals surface area contributed by atoms with Crippen molar-refractivity contribution in [3.63, 3.8) is 0 Å². The van der Waals surface area contributed by atoms with Gasteiger partial charge in [-0.15, -0.1) is 0 Å². The summed E-state index contributed by atoms with van der Waals surface area (Å²) in [4.78, 5) is 0. The molecular formula is C11H14O2. The Labute approximate surface area is 78.5 Å². The minimum absolute atomic E-state index is 0.155. The molecule has 0 unspecified atom stereocenters. The summed E-state index contributed by atoms with van der Waals surface area (Å²) in [6.45, 7) is 3.71. The lowest BCUT2D eigenvalue weighted by atomic mass is 10.1. The molecule has 1 heterocycles. The Hall–Kier alpha value is -0.860. The van der Waals surface area contributed by atoms with Crippen LogP contribution in [0, 0.1) is 5.92 Å². The van der Waals surface area contributed by atoms with Crippen LogP contribution in [-0.4, -0.2) is 13.2 Å². The van der Waals surface area contributed by atoms with Gasteiger partial charge >= 0.3 is 0 Å². The van der Waals surface area contributed by atoms with Gasteiger partial charge in [-0.1, -0.05) is 37.3 Å². The van der Waals surface area contributed by atoms with E-state index in [1.165, 1.54) is 0 Å². The van der Waals surface area contributed by atoms with Crippen LogP contribution in [0.4, 0.5) is 0 Å². The number of rotatable bonds is 1. The predicted molar refractivity (Wildman–Crippen MR) is 50.3 cm³/mol. The van der Waals surface area contributed by atoms with E-state index in [9.17, 15) is 0 Å². The number of hydrogen-bond acceptors (Lipinski definition) is 2. The summed E-state index contributed by atoms with van der Waals surface area (Å²) in [7, 11) is 0. The average Bonchev–Trinajstić information content (AvgIpc) is 2.20. The summed E-state index contributed by atoms with van der Waals surface area (Å²) in [6.07, 6.45) is -0.155. The Morgan fingerprint density at radius 1 is 1.08 bits per heavy atom. The topological polar surface area (TPSA) is 18.5 Å². The van der Waals surface area contributed by atoms with Gasteiger partial charge in [0.05, 0.1) is 13.2 Å². The standard InChI is InChI=1S/C11H14O2/c1-9-7-12-11(13-8-9)10-5-3-2-4-6-10/h2-6,9,11H,7-8H2,1H3. The average molecular weight is 178 g/mol. The lowest BCUT2D eigenvalue weighted by Crippen LogP contribution is -2.24. The highest BCUT2D eigenvalue weighted by atomic mass is 16.7. The molecule has 2 nitrogen and oxygen atoms in total.